The first kappa shape index (κ1) is 14.5. The number of hydrogen-bond donors (Lipinski definition) is 2. The van der Waals surface area contributed by atoms with Crippen molar-refractivity contribution in [2.45, 2.75) is 26.9 Å². The van der Waals surface area contributed by atoms with E-state index in [0.717, 1.165) is 15.7 Å². The van der Waals surface area contributed by atoms with Gasteiger partial charge in [0.05, 0.1) is 11.8 Å². The van der Waals surface area contributed by atoms with Crippen molar-refractivity contribution in [3.05, 3.63) is 28.2 Å². The SMILES string of the molecule is Cc1ccc(Nc2nc(N)nc(OC(C)C)n2)c(Br)c1. The number of anilines is 3. The molecule has 0 spiro atoms. The van der Waals surface area contributed by atoms with Gasteiger partial charge in [0.15, 0.2) is 0 Å². The van der Waals surface area contributed by atoms with Crippen LogP contribution >= 0.6 is 15.9 Å². The molecule has 0 bridgehead atoms. The number of aromatic nitrogens is 3. The molecule has 2 aromatic rings. The predicted octanol–water partition coefficient (Wildman–Crippen LogP) is 3.06. The Morgan fingerprint density at radius 1 is 1.25 bits per heavy atom. The third-order valence-electron chi connectivity index (χ3n) is 2.34. The van der Waals surface area contributed by atoms with Crippen LogP contribution in [0.25, 0.3) is 0 Å². The van der Waals surface area contributed by atoms with Crippen LogP contribution in [0.2, 0.25) is 0 Å². The summed E-state index contributed by atoms with van der Waals surface area (Å²) in [6, 6.07) is 6.13. The van der Waals surface area contributed by atoms with Gasteiger partial charge in [-0.3, -0.25) is 0 Å². The summed E-state index contributed by atoms with van der Waals surface area (Å²) in [5.41, 5.74) is 7.66. The lowest BCUT2D eigenvalue weighted by atomic mass is 10.2. The van der Waals surface area contributed by atoms with Crippen molar-refractivity contribution in [2.75, 3.05) is 11.1 Å². The van der Waals surface area contributed by atoms with Crippen molar-refractivity contribution in [1.29, 1.82) is 0 Å². The van der Waals surface area contributed by atoms with Crippen molar-refractivity contribution < 1.29 is 4.74 Å². The second-order valence-electron chi connectivity index (χ2n) is 4.57. The average molecular weight is 338 g/mol. The third kappa shape index (κ3) is 3.80. The highest BCUT2D eigenvalue weighted by Crippen LogP contribution is 2.26. The number of hydrogen-bond acceptors (Lipinski definition) is 6. The minimum Gasteiger partial charge on any atom is -0.461 e. The topological polar surface area (TPSA) is 86.0 Å². The van der Waals surface area contributed by atoms with Crippen LogP contribution in [0.15, 0.2) is 22.7 Å². The number of nitrogens with two attached hydrogens (primary N) is 1. The fourth-order valence-electron chi connectivity index (χ4n) is 1.53. The number of ether oxygens (including phenoxy) is 1. The fraction of sp³-hybridized carbons (Fsp3) is 0.308. The largest absolute Gasteiger partial charge is 0.461 e. The molecule has 1 aromatic heterocycles. The molecule has 0 aliphatic rings. The van der Waals surface area contributed by atoms with Gasteiger partial charge >= 0.3 is 6.01 Å². The standard InChI is InChI=1S/C13H16BrN5O/c1-7(2)20-13-18-11(15)17-12(19-13)16-10-5-4-8(3)6-9(10)14/h4-7H,1-3H3,(H3,15,16,17,18,19). The lowest BCUT2D eigenvalue weighted by Gasteiger charge is -2.11. The first-order valence-electron chi connectivity index (χ1n) is 6.15. The van der Waals surface area contributed by atoms with E-state index in [0.29, 0.717) is 5.95 Å². The van der Waals surface area contributed by atoms with E-state index in [-0.39, 0.29) is 18.1 Å². The van der Waals surface area contributed by atoms with Gasteiger partial charge in [0.2, 0.25) is 11.9 Å². The number of nitrogens with zero attached hydrogens (tertiary/aromatic N) is 3. The Kier molecular flexibility index (Phi) is 4.39. The highest BCUT2D eigenvalue weighted by Gasteiger charge is 2.09. The molecule has 7 heteroatoms. The van der Waals surface area contributed by atoms with E-state index < -0.39 is 0 Å². The van der Waals surface area contributed by atoms with Crippen LogP contribution in [-0.4, -0.2) is 21.1 Å². The van der Waals surface area contributed by atoms with Crippen LogP contribution in [0.1, 0.15) is 19.4 Å². The molecule has 0 unspecified atom stereocenters. The van der Waals surface area contributed by atoms with Gasteiger partial charge in [-0.15, -0.1) is 0 Å². The smallest absolute Gasteiger partial charge is 0.323 e. The van der Waals surface area contributed by atoms with Crippen LogP contribution in [0, 0.1) is 6.92 Å². The highest BCUT2D eigenvalue weighted by molar-refractivity contribution is 9.10. The van der Waals surface area contributed by atoms with Crippen LogP contribution in [0.4, 0.5) is 17.6 Å². The maximum atomic E-state index is 5.66. The van der Waals surface area contributed by atoms with Gasteiger partial charge in [-0.25, -0.2) is 0 Å². The predicted molar refractivity (Wildman–Crippen MR) is 82.2 cm³/mol. The molecule has 6 nitrogen and oxygen atoms in total. The molecule has 0 amide bonds. The lowest BCUT2D eigenvalue weighted by molar-refractivity contribution is 0.222. The van der Waals surface area contributed by atoms with Gasteiger partial charge in [0, 0.05) is 4.47 Å². The van der Waals surface area contributed by atoms with Gasteiger partial charge in [-0.2, -0.15) is 15.0 Å². The Hall–Kier alpha value is -1.89. The normalized spacial score (nSPS) is 10.7. The van der Waals surface area contributed by atoms with Gasteiger partial charge in [-0.1, -0.05) is 6.07 Å². The maximum Gasteiger partial charge on any atom is 0.323 e. The number of nitrogens with one attached hydrogen (secondary N) is 1. The molecule has 0 saturated heterocycles. The first-order chi connectivity index (χ1) is 9.44. The van der Waals surface area contributed by atoms with E-state index >= 15 is 0 Å². The Bertz CT molecular complexity index is 618. The Morgan fingerprint density at radius 2 is 2.00 bits per heavy atom. The fourth-order valence-corrected chi connectivity index (χ4v) is 2.13. The zero-order chi connectivity index (χ0) is 14.7. The van der Waals surface area contributed by atoms with Crippen LogP contribution in [-0.2, 0) is 0 Å². The molecule has 0 aliphatic heterocycles. The summed E-state index contributed by atoms with van der Waals surface area (Å²) in [4.78, 5) is 12.2. The molecule has 0 saturated carbocycles. The van der Waals surface area contributed by atoms with Crippen molar-refractivity contribution in [3.8, 4) is 6.01 Å². The molecule has 0 fully saturated rings. The number of halogens is 1. The van der Waals surface area contributed by atoms with Gasteiger partial charge in [-0.05, 0) is 54.4 Å². The summed E-state index contributed by atoms with van der Waals surface area (Å²) >= 11 is 3.49. The summed E-state index contributed by atoms with van der Waals surface area (Å²) in [5, 5.41) is 3.08. The monoisotopic (exact) mass is 337 g/mol. The first-order valence-corrected chi connectivity index (χ1v) is 6.94. The second kappa shape index (κ2) is 6.04. The summed E-state index contributed by atoms with van der Waals surface area (Å²) in [6.45, 7) is 5.80. The molecule has 20 heavy (non-hydrogen) atoms. The lowest BCUT2D eigenvalue weighted by Crippen LogP contribution is -2.11. The summed E-state index contributed by atoms with van der Waals surface area (Å²) in [7, 11) is 0. The van der Waals surface area contributed by atoms with E-state index in [9.17, 15) is 0 Å². The molecule has 3 N–H and O–H groups in total. The van der Waals surface area contributed by atoms with Gasteiger partial charge < -0.3 is 15.8 Å². The van der Waals surface area contributed by atoms with Crippen molar-refractivity contribution >= 4 is 33.5 Å². The molecule has 1 heterocycles. The Balaban J connectivity index is 2.26. The summed E-state index contributed by atoms with van der Waals surface area (Å²) in [5.74, 6) is 0.457. The minimum atomic E-state index is -0.0317. The van der Waals surface area contributed by atoms with E-state index in [1.807, 2.05) is 39.0 Å². The van der Waals surface area contributed by atoms with E-state index in [1.165, 1.54) is 0 Å². The number of benzene rings is 1. The van der Waals surface area contributed by atoms with Crippen molar-refractivity contribution in [1.82, 2.24) is 15.0 Å². The number of rotatable bonds is 4. The quantitative estimate of drug-likeness (QED) is 0.891. The van der Waals surface area contributed by atoms with Crippen LogP contribution < -0.4 is 15.8 Å². The van der Waals surface area contributed by atoms with Gasteiger partial charge in [0.1, 0.15) is 0 Å². The van der Waals surface area contributed by atoms with Gasteiger partial charge in [0.25, 0.3) is 0 Å². The zero-order valence-electron chi connectivity index (χ0n) is 11.5. The molecule has 0 atom stereocenters. The third-order valence-corrected chi connectivity index (χ3v) is 3.00. The number of nitrogen functional groups attached to an aromatic ring is 1. The molecule has 0 aliphatic carbocycles. The van der Waals surface area contributed by atoms with Crippen molar-refractivity contribution in [3.63, 3.8) is 0 Å². The Labute approximate surface area is 125 Å². The van der Waals surface area contributed by atoms with E-state index in [2.05, 4.69) is 36.2 Å². The van der Waals surface area contributed by atoms with Crippen molar-refractivity contribution in [2.24, 2.45) is 0 Å². The average Bonchev–Trinajstić information content (AvgIpc) is 2.31. The minimum absolute atomic E-state index is 0.0317. The Morgan fingerprint density at radius 3 is 2.65 bits per heavy atom. The molecule has 2 rings (SSSR count). The maximum absolute atomic E-state index is 5.66. The highest BCUT2D eigenvalue weighted by atomic mass is 79.9. The van der Waals surface area contributed by atoms with E-state index in [1.54, 1.807) is 0 Å². The molecule has 1 aromatic carbocycles. The summed E-state index contributed by atoms with van der Waals surface area (Å²) in [6.07, 6.45) is -0.0317. The second-order valence-corrected chi connectivity index (χ2v) is 5.43. The summed E-state index contributed by atoms with van der Waals surface area (Å²) < 4.78 is 6.35. The molecule has 106 valence electrons. The molecular weight excluding hydrogens is 322 g/mol. The molecular formula is C13H16BrN5O. The molecule has 0 radical (unpaired) electrons. The van der Waals surface area contributed by atoms with Crippen LogP contribution in [0.3, 0.4) is 0 Å². The zero-order valence-corrected chi connectivity index (χ0v) is 13.1. The van der Waals surface area contributed by atoms with E-state index in [4.69, 9.17) is 10.5 Å². The van der Waals surface area contributed by atoms with Crippen LogP contribution in [0.5, 0.6) is 6.01 Å². The number of aryl methyl sites for hydroxylation is 1.